The average Bonchev–Trinajstić information content (AvgIpc) is 1.60. The monoisotopic (exact) mass is 1820 g/mol. The van der Waals surface area contributed by atoms with E-state index in [4.69, 9.17) is 83.7 Å². The van der Waals surface area contributed by atoms with Crippen LogP contribution in [-0.2, 0) is 32.6 Å². The number of aliphatic hydroxyl groups is 2. The molecule has 4 fully saturated rings. The Labute approximate surface area is 773 Å². The molecule has 0 atom stereocenters. The molecule has 4 aliphatic heterocycles. The van der Waals surface area contributed by atoms with Gasteiger partial charge in [0, 0.05) is 53.2 Å². The molecular formula is C99H123ClN20O12. The average molecular weight is 1820 g/mol. The van der Waals surface area contributed by atoms with Crippen LogP contribution in [0.3, 0.4) is 0 Å². The molecule has 9 heterocycles. The van der Waals surface area contributed by atoms with Crippen molar-refractivity contribution in [3.8, 4) is 23.5 Å². The van der Waals surface area contributed by atoms with Gasteiger partial charge in [0.2, 0.25) is 29.4 Å². The molecule has 32 nitrogen and oxygen atoms in total. The van der Waals surface area contributed by atoms with Crippen molar-refractivity contribution in [1.29, 1.82) is 0 Å². The molecule has 9 aromatic rings. The maximum absolute atomic E-state index is 11.9. The number of nitrogen functional groups attached to an aromatic ring is 4. The van der Waals surface area contributed by atoms with E-state index in [1.165, 1.54) is 36.1 Å². The third-order valence-electron chi connectivity index (χ3n) is 27.3. The second-order valence-corrected chi connectivity index (χ2v) is 39.7. The first-order valence-corrected chi connectivity index (χ1v) is 46.4. The third-order valence-corrected chi connectivity index (χ3v) is 27.6. The highest BCUT2D eigenvalue weighted by molar-refractivity contribution is 6.32. The summed E-state index contributed by atoms with van der Waals surface area (Å²) >= 11 is 6.76. The molecule has 0 saturated heterocycles. The Morgan fingerprint density at radius 3 is 1.25 bits per heavy atom. The van der Waals surface area contributed by atoms with E-state index < -0.39 is 46.3 Å². The SMILES string of the molecule is Cc1nc(N)c2c(n1)OC(C)(C)C(c1ccc(C3CCC(CNC(=O)C(C)(C)O)CC3)cc1)=N2.Cc1nc(N)c2c(n1)OC(C)(C)C(c1ccc(C3CCC(CNC(=O)CO)CC3)c(Cl)c1)=N2.Cc1nc(N)c2c(n1)OC(C)(C)C(c1ccc(C3CCC(Cc4noc(=O)[nH]4)CC3)cc1)=N2.Cc1nc(N)c2c(n1)OC(C)(C)C(c1ccc3c(c1)CCC31CCC(CC(=O)O)CC1)=N2. The number of carboxylic acid groups (broad SMARTS) is 1. The lowest BCUT2D eigenvalue weighted by Gasteiger charge is -2.38. The number of hydrogen-bond acceptors (Lipinski definition) is 28. The Morgan fingerprint density at radius 1 is 0.485 bits per heavy atom. The van der Waals surface area contributed by atoms with Crippen LogP contribution in [0.2, 0.25) is 5.02 Å². The van der Waals surface area contributed by atoms with Gasteiger partial charge in [-0.15, -0.1) is 0 Å². The second kappa shape index (κ2) is 38.2. The number of aliphatic imine (C=N–C) groups is 4. The first-order valence-electron chi connectivity index (χ1n) is 46.0. The van der Waals surface area contributed by atoms with Crippen LogP contribution >= 0.6 is 11.6 Å². The van der Waals surface area contributed by atoms with E-state index in [0.717, 1.165) is 173 Å². The van der Waals surface area contributed by atoms with Gasteiger partial charge in [-0.05, 0) is 299 Å². The number of amides is 2. The molecule has 132 heavy (non-hydrogen) atoms. The van der Waals surface area contributed by atoms with Gasteiger partial charge in [0.15, 0.2) is 51.8 Å². The Hall–Kier alpha value is -12.2. The predicted octanol–water partition coefficient (Wildman–Crippen LogP) is 15.9. The number of nitrogens with one attached hydrogen (secondary N) is 3. The highest BCUT2D eigenvalue weighted by atomic mass is 35.5. The lowest BCUT2D eigenvalue weighted by atomic mass is 9.66. The number of benzene rings is 4. The minimum absolute atomic E-state index is 0.200. The summed E-state index contributed by atoms with van der Waals surface area (Å²) < 4.78 is 29.3. The van der Waals surface area contributed by atoms with E-state index in [2.05, 4.69) is 138 Å². The number of hydrogen-bond donors (Lipinski definition) is 10. The lowest BCUT2D eigenvalue weighted by molar-refractivity contribution is -0.138. The summed E-state index contributed by atoms with van der Waals surface area (Å²) in [4.78, 5) is 102. The largest absolute Gasteiger partial charge is 0.481 e. The number of carbonyl (C=O) groups is 3. The van der Waals surface area contributed by atoms with Gasteiger partial charge < -0.3 is 67.8 Å². The molecule has 5 aliphatic carbocycles. The van der Waals surface area contributed by atoms with Crippen molar-refractivity contribution < 1.29 is 53.2 Å². The van der Waals surface area contributed by atoms with Gasteiger partial charge in [0.05, 0.1) is 22.8 Å². The molecule has 4 saturated carbocycles. The molecule has 0 bridgehead atoms. The first-order chi connectivity index (χ1) is 62.6. The Morgan fingerprint density at radius 2 is 0.864 bits per heavy atom. The highest BCUT2D eigenvalue weighted by Gasteiger charge is 2.45. The van der Waals surface area contributed by atoms with Crippen molar-refractivity contribution in [2.45, 2.75) is 277 Å². The number of halogens is 1. The number of nitrogens with zero attached hydrogens (tertiary/aromatic N) is 13. The van der Waals surface area contributed by atoms with Crippen molar-refractivity contribution in [2.75, 3.05) is 42.6 Å². The summed E-state index contributed by atoms with van der Waals surface area (Å²) in [6.07, 6.45) is 20.1. The number of fused-ring (bicyclic) bond motifs is 6. The molecule has 2 amide bonds. The van der Waals surface area contributed by atoms with Gasteiger partial charge in [-0.2, -0.15) is 19.9 Å². The molecule has 0 radical (unpaired) electrons. The van der Waals surface area contributed by atoms with Crippen LogP contribution < -0.4 is 58.3 Å². The lowest BCUT2D eigenvalue weighted by Crippen LogP contribution is -2.44. The molecule has 4 aromatic carbocycles. The van der Waals surface area contributed by atoms with Crippen LogP contribution in [0, 0.1) is 51.4 Å². The van der Waals surface area contributed by atoms with Crippen molar-refractivity contribution in [1.82, 2.24) is 60.6 Å². The van der Waals surface area contributed by atoms with Gasteiger partial charge in [0.1, 0.15) is 57.9 Å². The van der Waals surface area contributed by atoms with Gasteiger partial charge in [-0.3, -0.25) is 23.9 Å². The Bertz CT molecular complexity index is 6020. The fourth-order valence-electron chi connectivity index (χ4n) is 20.2. The van der Waals surface area contributed by atoms with E-state index in [1.807, 2.05) is 67.5 Å². The van der Waals surface area contributed by atoms with Crippen LogP contribution in [0.5, 0.6) is 23.5 Å². The van der Waals surface area contributed by atoms with Crippen molar-refractivity contribution >= 4 is 98.3 Å². The van der Waals surface area contributed by atoms with Crippen molar-refractivity contribution in [3.63, 3.8) is 0 Å². The first kappa shape index (κ1) is 94.5. The normalized spacial score (nSPS) is 22.6. The molecule has 9 aliphatic rings. The Balaban J connectivity index is 0.000000135. The number of aromatic amines is 1. The smallest absolute Gasteiger partial charge is 0.438 e. The summed E-state index contributed by atoms with van der Waals surface area (Å²) in [5.74, 6) is 7.15. The van der Waals surface area contributed by atoms with Crippen LogP contribution in [0.4, 0.5) is 46.0 Å². The van der Waals surface area contributed by atoms with E-state index in [1.54, 1.807) is 27.7 Å². The zero-order valence-electron chi connectivity index (χ0n) is 77.9. The van der Waals surface area contributed by atoms with Gasteiger partial charge in [0.25, 0.3) is 5.91 Å². The van der Waals surface area contributed by atoms with Crippen LogP contribution in [0.25, 0.3) is 0 Å². The summed E-state index contributed by atoms with van der Waals surface area (Å²) in [6, 6.07) is 29.9. The summed E-state index contributed by atoms with van der Waals surface area (Å²) in [6.45, 7) is 26.7. The van der Waals surface area contributed by atoms with Crippen LogP contribution in [0.15, 0.2) is 114 Å². The number of aromatic nitrogens is 10. The number of carbonyl (C=O) groups excluding carboxylic acids is 2. The van der Waals surface area contributed by atoms with E-state index >= 15 is 0 Å². The number of aliphatic carboxylic acids is 1. The third kappa shape index (κ3) is 21.3. The fourth-order valence-corrected chi connectivity index (χ4v) is 20.6. The summed E-state index contributed by atoms with van der Waals surface area (Å²) in [5.41, 5.74) is 36.2. The minimum Gasteiger partial charge on any atom is -0.481 e. The highest BCUT2D eigenvalue weighted by Crippen LogP contribution is 2.53. The predicted molar refractivity (Wildman–Crippen MR) is 508 cm³/mol. The number of anilines is 4. The number of aryl methyl sites for hydroxylation is 5. The zero-order valence-corrected chi connectivity index (χ0v) is 78.7. The van der Waals surface area contributed by atoms with Crippen LogP contribution in [-0.4, -0.2) is 154 Å². The molecule has 1 spiro atoms. The van der Waals surface area contributed by atoms with Gasteiger partial charge in [-0.1, -0.05) is 89.6 Å². The van der Waals surface area contributed by atoms with E-state index in [-0.39, 0.29) is 17.2 Å². The number of aliphatic hydroxyl groups excluding tert-OH is 1. The molecule has 0 unspecified atom stereocenters. The Kier molecular flexibility index (Phi) is 27.3. The molecular weight excluding hydrogens is 1700 g/mol. The number of nitrogens with two attached hydrogens (primary N) is 4. The molecule has 5 aromatic heterocycles. The van der Waals surface area contributed by atoms with E-state index in [0.29, 0.717) is 165 Å². The van der Waals surface area contributed by atoms with Crippen molar-refractivity contribution in [2.24, 2.45) is 43.6 Å². The zero-order chi connectivity index (χ0) is 94.3. The molecule has 33 heteroatoms. The molecule has 698 valence electrons. The fraction of sp³-hybridized carbons (Fsp3) is 0.505. The maximum atomic E-state index is 11.9. The minimum atomic E-state index is -1.33. The van der Waals surface area contributed by atoms with Crippen LogP contribution in [0.1, 0.15) is 282 Å². The van der Waals surface area contributed by atoms with Crippen molar-refractivity contribution in [3.05, 3.63) is 180 Å². The molecule has 18 rings (SSSR count). The van der Waals surface area contributed by atoms with Gasteiger partial charge in [-0.25, -0.2) is 44.7 Å². The second-order valence-electron chi connectivity index (χ2n) is 39.3. The number of carboxylic acids is 1. The molecule has 14 N–H and O–H groups in total. The summed E-state index contributed by atoms with van der Waals surface area (Å²) in [7, 11) is 0. The topological polar surface area (TPSA) is 488 Å². The number of H-pyrrole nitrogens is 1. The standard InChI is InChI=1S/C26H35N5O3.C25H30N4O3.C24H30ClN5O3.C24H28N6O3/c1-15-29-22(27)20-23(30-15)34-26(4,5)21(31-20)19-12-10-18(11-13-19)17-8-6-16(7-9-17)14-28-24(32)25(2,3)33;1-14-27-22(26)20-23(28-14)32-24(2,3)21(29-20)17-4-5-18-16(13-17)8-11-25(18)9-6-15(7-10-25)12-19(30)31;1-13-28-22(26)20-23(29-13)33-24(2,3)21(30-20)16-8-9-17(18(25)10-16)15-6-4-14(5-7-15)11-27-19(32)12-31;1-13-26-21(25)19-22(27-13)32-24(2,3)20(29-19)17-10-8-16(9-11-17)15-6-4-14(5-7-15)12-18-28-23(31)33-30-18/h10-13,16-17,33H,6-9,14H2,1-5H3,(H,28,32)(H2,27,29,30);4-5,13,15H,6-12H2,1-3H3,(H,30,31)(H2,26,27,28);8-10,14-15,31H,4-7,11-12H2,1-3H3,(H,27,32)(H2,26,28,29);8-11,14-15H,4-7,12H2,1-3H3,(H2,25,26,27)(H,28,30,31). The number of ether oxygens (including phenoxy) is 4. The van der Waals surface area contributed by atoms with Gasteiger partial charge >= 0.3 is 11.7 Å². The number of rotatable bonds is 17. The van der Waals surface area contributed by atoms with E-state index in [9.17, 15) is 24.3 Å². The maximum Gasteiger partial charge on any atom is 0.438 e. The summed E-state index contributed by atoms with van der Waals surface area (Å²) in [5, 5.41) is 37.9. The quantitative estimate of drug-likeness (QED) is 0.0405.